The minimum absolute atomic E-state index is 0.00501. The van der Waals surface area contributed by atoms with E-state index in [1.165, 1.54) is 12.0 Å². The summed E-state index contributed by atoms with van der Waals surface area (Å²) in [5, 5.41) is 8.95. The van der Waals surface area contributed by atoms with E-state index in [0.29, 0.717) is 19.4 Å². The van der Waals surface area contributed by atoms with Gasteiger partial charge in [0.05, 0.1) is 13.2 Å². The monoisotopic (exact) mass is 344 g/mol. The average molecular weight is 344 g/mol. The van der Waals surface area contributed by atoms with Crippen LogP contribution >= 0.6 is 0 Å². The molecule has 5 nitrogen and oxygen atoms in total. The molecule has 0 saturated heterocycles. The second kappa shape index (κ2) is 8.66. The lowest BCUT2D eigenvalue weighted by atomic mass is 9.87. The molecular formula is C20H28N2O3. The van der Waals surface area contributed by atoms with E-state index in [9.17, 15) is 9.59 Å². The molecule has 25 heavy (non-hydrogen) atoms. The number of hydrogen-bond donors (Lipinski definition) is 0. The lowest BCUT2D eigenvalue weighted by Gasteiger charge is -2.40. The van der Waals surface area contributed by atoms with Crippen LogP contribution < -0.4 is 0 Å². The second-order valence-electron chi connectivity index (χ2n) is 7.62. The number of carbonyl (C=O) groups is 2. The Hall–Kier alpha value is -2.35. The molecule has 0 aliphatic heterocycles. The zero-order valence-corrected chi connectivity index (χ0v) is 15.8. The number of esters is 1. The van der Waals surface area contributed by atoms with E-state index in [-0.39, 0.29) is 17.7 Å². The number of methoxy groups -OCH3 is 1. The van der Waals surface area contributed by atoms with Gasteiger partial charge in [0.25, 0.3) is 0 Å². The number of rotatable bonds is 7. The summed E-state index contributed by atoms with van der Waals surface area (Å²) in [6.07, 6.45) is 0.791. The Balaban J connectivity index is 3.24. The highest BCUT2D eigenvalue weighted by Gasteiger charge is 2.43. The Morgan fingerprint density at radius 1 is 1.16 bits per heavy atom. The third-order valence-electron chi connectivity index (χ3n) is 4.23. The number of carbonyl (C=O) groups excluding carboxylic acids is 2. The maximum Gasteiger partial charge on any atom is 0.331 e. The molecule has 0 radical (unpaired) electrons. The maximum absolute atomic E-state index is 12.6. The maximum atomic E-state index is 12.6. The van der Waals surface area contributed by atoms with Crippen molar-refractivity contribution in [3.63, 3.8) is 0 Å². The Labute approximate surface area is 150 Å². The molecule has 0 fully saturated rings. The van der Waals surface area contributed by atoms with Crippen molar-refractivity contribution in [3.8, 4) is 6.07 Å². The molecular weight excluding hydrogens is 316 g/mol. The molecule has 0 bridgehead atoms. The van der Waals surface area contributed by atoms with Crippen molar-refractivity contribution >= 4 is 11.9 Å². The fourth-order valence-electron chi connectivity index (χ4n) is 2.75. The fourth-order valence-corrected chi connectivity index (χ4v) is 2.75. The van der Waals surface area contributed by atoms with Gasteiger partial charge in [-0.2, -0.15) is 5.26 Å². The van der Waals surface area contributed by atoms with Gasteiger partial charge in [-0.05, 0) is 24.3 Å². The lowest BCUT2D eigenvalue weighted by molar-refractivity contribution is -0.161. The summed E-state index contributed by atoms with van der Waals surface area (Å²) >= 11 is 0. The van der Waals surface area contributed by atoms with E-state index < -0.39 is 11.5 Å². The van der Waals surface area contributed by atoms with E-state index in [4.69, 9.17) is 10.00 Å². The first kappa shape index (κ1) is 20.7. The molecule has 0 aliphatic rings. The number of ether oxygens (including phenoxy) is 1. The van der Waals surface area contributed by atoms with Crippen LogP contribution in [-0.2, 0) is 20.7 Å². The van der Waals surface area contributed by atoms with Crippen molar-refractivity contribution in [1.29, 1.82) is 5.26 Å². The van der Waals surface area contributed by atoms with Gasteiger partial charge in [-0.15, -0.1) is 0 Å². The molecule has 1 aromatic rings. The zero-order valence-electron chi connectivity index (χ0n) is 15.8. The molecule has 136 valence electrons. The van der Waals surface area contributed by atoms with Gasteiger partial charge in [0.1, 0.15) is 12.0 Å². The molecule has 1 amide bonds. The van der Waals surface area contributed by atoms with Crippen molar-refractivity contribution in [3.05, 3.63) is 35.9 Å². The summed E-state index contributed by atoms with van der Waals surface area (Å²) in [5.41, 5.74) is -0.231. The van der Waals surface area contributed by atoms with Gasteiger partial charge in [-0.1, -0.05) is 51.1 Å². The third kappa shape index (κ3) is 5.90. The molecule has 0 spiro atoms. The normalized spacial score (nSPS) is 13.4. The first-order valence-electron chi connectivity index (χ1n) is 8.44. The van der Waals surface area contributed by atoms with E-state index in [1.54, 1.807) is 6.92 Å². The van der Waals surface area contributed by atoms with Gasteiger partial charge < -0.3 is 9.64 Å². The van der Waals surface area contributed by atoms with E-state index >= 15 is 0 Å². The highest BCUT2D eigenvalue weighted by Crippen LogP contribution is 2.27. The third-order valence-corrected chi connectivity index (χ3v) is 4.23. The number of nitriles is 1. The Kier molecular flexibility index (Phi) is 7.17. The van der Waals surface area contributed by atoms with Crippen molar-refractivity contribution in [2.24, 2.45) is 5.41 Å². The number of amides is 1. The van der Waals surface area contributed by atoms with Gasteiger partial charge in [0, 0.05) is 13.0 Å². The van der Waals surface area contributed by atoms with Gasteiger partial charge in [-0.3, -0.25) is 4.79 Å². The molecule has 0 saturated carbocycles. The van der Waals surface area contributed by atoms with Crippen LogP contribution in [0.2, 0.25) is 0 Å². The van der Waals surface area contributed by atoms with Gasteiger partial charge in [0.2, 0.25) is 5.91 Å². The number of nitrogens with zero attached hydrogens (tertiary/aromatic N) is 2. The molecule has 1 aromatic carbocycles. The Morgan fingerprint density at radius 3 is 2.24 bits per heavy atom. The van der Waals surface area contributed by atoms with Crippen molar-refractivity contribution in [2.75, 3.05) is 13.7 Å². The van der Waals surface area contributed by atoms with Crippen molar-refractivity contribution < 1.29 is 14.3 Å². The summed E-state index contributed by atoms with van der Waals surface area (Å²) in [5.74, 6) is -0.827. The summed E-state index contributed by atoms with van der Waals surface area (Å²) in [6.45, 7) is 8.33. The standard InChI is InChI=1S/C20H28N2O3/c1-19(2,3)12-14-22(17(23)11-13-21)20(4,18(24)25-5)15-16-9-7-6-8-10-16/h6-10H,11-12,14-15H2,1-5H3. The summed E-state index contributed by atoms with van der Waals surface area (Å²) < 4.78 is 5.01. The molecule has 0 aliphatic carbocycles. The van der Waals surface area contributed by atoms with Crippen LogP contribution in [0.25, 0.3) is 0 Å². The van der Waals surface area contributed by atoms with Crippen LogP contribution in [0.5, 0.6) is 0 Å². The first-order valence-corrected chi connectivity index (χ1v) is 8.44. The van der Waals surface area contributed by atoms with Crippen LogP contribution in [0, 0.1) is 16.7 Å². The molecule has 0 aromatic heterocycles. The molecule has 1 rings (SSSR count). The molecule has 5 heteroatoms. The molecule has 1 atom stereocenters. The predicted octanol–water partition coefficient (Wildman–Crippen LogP) is 3.34. The van der Waals surface area contributed by atoms with Gasteiger partial charge in [-0.25, -0.2) is 4.79 Å². The minimum Gasteiger partial charge on any atom is -0.467 e. The van der Waals surface area contributed by atoms with Crippen LogP contribution in [-0.4, -0.2) is 36.0 Å². The van der Waals surface area contributed by atoms with E-state index in [2.05, 4.69) is 20.8 Å². The number of hydrogen-bond acceptors (Lipinski definition) is 4. The van der Waals surface area contributed by atoms with E-state index in [1.807, 2.05) is 36.4 Å². The quantitative estimate of drug-likeness (QED) is 0.711. The zero-order chi connectivity index (χ0) is 19.1. The Bertz CT molecular complexity index is 629. The first-order chi connectivity index (χ1) is 11.6. The van der Waals surface area contributed by atoms with E-state index in [0.717, 1.165) is 5.56 Å². The highest BCUT2D eigenvalue weighted by atomic mass is 16.5. The largest absolute Gasteiger partial charge is 0.467 e. The Morgan fingerprint density at radius 2 is 1.76 bits per heavy atom. The lowest BCUT2D eigenvalue weighted by Crippen LogP contribution is -2.57. The topological polar surface area (TPSA) is 70.4 Å². The fraction of sp³-hybridized carbons (Fsp3) is 0.550. The second-order valence-corrected chi connectivity index (χ2v) is 7.62. The molecule has 0 heterocycles. The van der Waals surface area contributed by atoms with Crippen LogP contribution in [0.4, 0.5) is 0 Å². The summed E-state index contributed by atoms with van der Waals surface area (Å²) in [6, 6.07) is 11.4. The van der Waals surface area contributed by atoms with Gasteiger partial charge >= 0.3 is 5.97 Å². The average Bonchev–Trinajstić information content (AvgIpc) is 2.54. The van der Waals surface area contributed by atoms with Crippen LogP contribution in [0.15, 0.2) is 30.3 Å². The molecule has 1 unspecified atom stereocenters. The summed E-state index contributed by atoms with van der Waals surface area (Å²) in [7, 11) is 1.32. The smallest absolute Gasteiger partial charge is 0.331 e. The summed E-state index contributed by atoms with van der Waals surface area (Å²) in [4.78, 5) is 26.7. The highest BCUT2D eigenvalue weighted by molar-refractivity contribution is 5.88. The SMILES string of the molecule is COC(=O)C(C)(Cc1ccccc1)N(CCC(C)(C)C)C(=O)CC#N. The van der Waals surface area contributed by atoms with Crippen molar-refractivity contribution in [1.82, 2.24) is 4.90 Å². The van der Waals surface area contributed by atoms with Crippen LogP contribution in [0.1, 0.15) is 46.1 Å². The molecule has 0 N–H and O–H groups in total. The van der Waals surface area contributed by atoms with Gasteiger partial charge in [0.15, 0.2) is 0 Å². The predicted molar refractivity (Wildman–Crippen MR) is 96.6 cm³/mol. The minimum atomic E-state index is -1.16. The van der Waals surface area contributed by atoms with Crippen molar-refractivity contribution in [2.45, 2.75) is 52.5 Å². The van der Waals surface area contributed by atoms with Crippen LogP contribution in [0.3, 0.4) is 0 Å². The number of benzene rings is 1.